The molecule has 1 N–H and O–H groups in total. The van der Waals surface area contributed by atoms with E-state index in [-0.39, 0.29) is 0 Å². The van der Waals surface area contributed by atoms with Gasteiger partial charge in [0.2, 0.25) is 0 Å². The smallest absolute Gasteiger partial charge is 0.119 e. The van der Waals surface area contributed by atoms with Gasteiger partial charge >= 0.3 is 0 Å². The molecule has 0 atom stereocenters. The Kier molecular flexibility index (Phi) is 4.10. The molecule has 23 heavy (non-hydrogen) atoms. The molecule has 1 saturated heterocycles. The molecule has 3 heterocycles. The van der Waals surface area contributed by atoms with Gasteiger partial charge in [-0.1, -0.05) is 6.07 Å². The monoisotopic (exact) mass is 326 g/mol. The van der Waals surface area contributed by atoms with Crippen LogP contribution in [-0.2, 0) is 6.54 Å². The Labute approximate surface area is 140 Å². The van der Waals surface area contributed by atoms with Gasteiger partial charge < -0.3 is 14.6 Å². The highest BCUT2D eigenvalue weighted by molar-refractivity contribution is 7.09. The van der Waals surface area contributed by atoms with Crippen molar-refractivity contribution < 1.29 is 4.74 Å². The number of hydrogen-bond donors (Lipinski definition) is 1. The van der Waals surface area contributed by atoms with E-state index in [1.54, 1.807) is 7.11 Å². The summed E-state index contributed by atoms with van der Waals surface area (Å²) in [6.45, 7) is 3.18. The number of ether oxygens (including phenoxy) is 1. The van der Waals surface area contributed by atoms with Crippen LogP contribution >= 0.6 is 11.3 Å². The number of nitrogens with zero attached hydrogens (tertiary/aromatic N) is 1. The lowest BCUT2D eigenvalue weighted by Crippen LogP contribution is -2.26. The zero-order valence-corrected chi connectivity index (χ0v) is 14.2. The molecule has 1 aliphatic rings. The lowest BCUT2D eigenvalue weighted by molar-refractivity contribution is 0.415. The second-order valence-corrected chi connectivity index (χ2v) is 7.23. The van der Waals surface area contributed by atoms with E-state index in [4.69, 9.17) is 4.74 Å². The first-order valence-corrected chi connectivity index (χ1v) is 9.13. The van der Waals surface area contributed by atoms with Gasteiger partial charge in [-0.3, -0.25) is 0 Å². The summed E-state index contributed by atoms with van der Waals surface area (Å²) in [6, 6.07) is 10.8. The highest BCUT2D eigenvalue weighted by Crippen LogP contribution is 2.35. The van der Waals surface area contributed by atoms with Crippen LogP contribution in [-0.4, -0.2) is 24.8 Å². The summed E-state index contributed by atoms with van der Waals surface area (Å²) in [6.07, 6.45) is 4.81. The number of rotatable bonds is 4. The van der Waals surface area contributed by atoms with E-state index in [0.29, 0.717) is 5.92 Å². The predicted octanol–water partition coefficient (Wildman–Crippen LogP) is 4.23. The Hall–Kier alpha value is -1.78. The zero-order chi connectivity index (χ0) is 15.6. The van der Waals surface area contributed by atoms with E-state index in [0.717, 1.165) is 25.4 Å². The average molecular weight is 326 g/mol. The van der Waals surface area contributed by atoms with Crippen LogP contribution in [0.5, 0.6) is 5.75 Å². The Balaban J connectivity index is 1.79. The molecule has 1 fully saturated rings. The summed E-state index contributed by atoms with van der Waals surface area (Å²) in [5, 5.41) is 6.97. The normalized spacial score (nSPS) is 16.0. The van der Waals surface area contributed by atoms with Gasteiger partial charge in [-0.15, -0.1) is 11.3 Å². The Bertz CT molecular complexity index is 785. The minimum Gasteiger partial charge on any atom is -0.497 e. The molecule has 2 aromatic heterocycles. The van der Waals surface area contributed by atoms with Crippen molar-refractivity contribution in [2.45, 2.75) is 25.3 Å². The molecule has 1 aromatic carbocycles. The number of methoxy groups -OCH3 is 1. The van der Waals surface area contributed by atoms with Gasteiger partial charge in [0.15, 0.2) is 0 Å². The molecule has 4 rings (SSSR count). The molecular weight excluding hydrogens is 304 g/mol. The third-order valence-corrected chi connectivity index (χ3v) is 5.67. The van der Waals surface area contributed by atoms with E-state index in [1.165, 1.54) is 34.2 Å². The van der Waals surface area contributed by atoms with Crippen molar-refractivity contribution in [1.29, 1.82) is 0 Å². The second kappa shape index (κ2) is 6.38. The van der Waals surface area contributed by atoms with Gasteiger partial charge in [-0.25, -0.2) is 0 Å². The predicted molar refractivity (Wildman–Crippen MR) is 96.8 cm³/mol. The van der Waals surface area contributed by atoms with Crippen LogP contribution in [0.15, 0.2) is 41.9 Å². The number of hydrogen-bond acceptors (Lipinski definition) is 3. The fraction of sp³-hybridized carbons (Fsp3) is 0.368. The maximum atomic E-state index is 5.46. The third-order valence-electron chi connectivity index (χ3n) is 4.80. The summed E-state index contributed by atoms with van der Waals surface area (Å²) in [4.78, 5) is 1.40. The molecule has 0 aliphatic carbocycles. The number of fused-ring (bicyclic) bond motifs is 1. The molecule has 0 spiro atoms. The molecule has 0 bridgehead atoms. The number of piperidine rings is 1. The minimum absolute atomic E-state index is 0.649. The molecule has 3 nitrogen and oxygen atoms in total. The van der Waals surface area contributed by atoms with Gasteiger partial charge in [0, 0.05) is 22.0 Å². The Morgan fingerprint density at radius 2 is 2.13 bits per heavy atom. The lowest BCUT2D eigenvalue weighted by Gasteiger charge is -2.22. The molecule has 0 radical (unpaired) electrons. The molecule has 0 amide bonds. The van der Waals surface area contributed by atoms with Crippen molar-refractivity contribution >= 4 is 22.2 Å². The standard InChI is InChI=1S/C19H22N2OS/c1-22-15-4-5-19-17(11-15)18(14-6-8-20-9-7-14)13-21(19)12-16-3-2-10-23-16/h2-5,10-11,13-14,20H,6-9,12H2,1H3. The quantitative estimate of drug-likeness (QED) is 0.776. The minimum atomic E-state index is 0.649. The molecule has 3 aromatic rings. The van der Waals surface area contributed by atoms with E-state index >= 15 is 0 Å². The van der Waals surface area contributed by atoms with Crippen molar-refractivity contribution in [2.75, 3.05) is 20.2 Å². The summed E-state index contributed by atoms with van der Waals surface area (Å²) < 4.78 is 7.86. The maximum absolute atomic E-state index is 5.46. The largest absolute Gasteiger partial charge is 0.497 e. The maximum Gasteiger partial charge on any atom is 0.119 e. The number of nitrogens with one attached hydrogen (secondary N) is 1. The van der Waals surface area contributed by atoms with Crippen LogP contribution in [0.1, 0.15) is 29.2 Å². The first-order valence-electron chi connectivity index (χ1n) is 8.25. The van der Waals surface area contributed by atoms with E-state index < -0.39 is 0 Å². The molecule has 120 valence electrons. The number of aromatic nitrogens is 1. The third kappa shape index (κ3) is 2.89. The summed E-state index contributed by atoms with van der Waals surface area (Å²) in [5.74, 6) is 1.59. The van der Waals surface area contributed by atoms with Crippen molar-refractivity contribution in [2.24, 2.45) is 0 Å². The highest BCUT2D eigenvalue weighted by atomic mass is 32.1. The highest BCUT2D eigenvalue weighted by Gasteiger charge is 2.20. The van der Waals surface area contributed by atoms with Crippen LogP contribution in [0.3, 0.4) is 0 Å². The molecule has 4 heteroatoms. The number of thiophene rings is 1. The van der Waals surface area contributed by atoms with Gasteiger partial charge in [0.1, 0.15) is 5.75 Å². The van der Waals surface area contributed by atoms with E-state index in [1.807, 2.05) is 11.3 Å². The average Bonchev–Trinajstić information content (AvgIpc) is 3.24. The summed E-state index contributed by atoms with van der Waals surface area (Å²) in [5.41, 5.74) is 2.80. The zero-order valence-electron chi connectivity index (χ0n) is 13.4. The molecular formula is C19H22N2OS. The first kappa shape index (κ1) is 14.8. The molecule has 1 aliphatic heterocycles. The van der Waals surface area contributed by atoms with E-state index in [2.05, 4.69) is 51.8 Å². The fourth-order valence-corrected chi connectivity index (χ4v) is 4.29. The van der Waals surface area contributed by atoms with Crippen molar-refractivity contribution in [1.82, 2.24) is 9.88 Å². The van der Waals surface area contributed by atoms with Crippen LogP contribution in [0.2, 0.25) is 0 Å². The van der Waals surface area contributed by atoms with Crippen molar-refractivity contribution in [3.8, 4) is 5.75 Å². The van der Waals surface area contributed by atoms with Crippen LogP contribution in [0.25, 0.3) is 10.9 Å². The van der Waals surface area contributed by atoms with Gasteiger partial charge in [0.05, 0.1) is 13.7 Å². The number of benzene rings is 1. The summed E-state index contributed by atoms with van der Waals surface area (Å²) >= 11 is 1.82. The van der Waals surface area contributed by atoms with Gasteiger partial charge in [0.25, 0.3) is 0 Å². The van der Waals surface area contributed by atoms with Gasteiger partial charge in [-0.2, -0.15) is 0 Å². The lowest BCUT2D eigenvalue weighted by atomic mass is 9.90. The van der Waals surface area contributed by atoms with Crippen molar-refractivity contribution in [3.05, 3.63) is 52.3 Å². The summed E-state index contributed by atoms with van der Waals surface area (Å²) in [7, 11) is 1.74. The Morgan fingerprint density at radius 3 is 2.87 bits per heavy atom. The van der Waals surface area contributed by atoms with Gasteiger partial charge in [-0.05, 0) is 67.1 Å². The fourth-order valence-electron chi connectivity index (χ4n) is 3.59. The van der Waals surface area contributed by atoms with Crippen LogP contribution < -0.4 is 10.1 Å². The van der Waals surface area contributed by atoms with Crippen LogP contribution in [0.4, 0.5) is 0 Å². The first-order chi connectivity index (χ1) is 11.3. The Morgan fingerprint density at radius 1 is 1.26 bits per heavy atom. The molecule has 0 saturated carbocycles. The SMILES string of the molecule is COc1ccc2c(c1)c(C1CCNCC1)cn2Cc1cccs1. The molecule has 0 unspecified atom stereocenters. The topological polar surface area (TPSA) is 26.2 Å². The van der Waals surface area contributed by atoms with Crippen molar-refractivity contribution in [3.63, 3.8) is 0 Å². The van der Waals surface area contributed by atoms with E-state index in [9.17, 15) is 0 Å². The second-order valence-electron chi connectivity index (χ2n) is 6.20. The van der Waals surface area contributed by atoms with Crippen LogP contribution in [0, 0.1) is 0 Å².